The van der Waals surface area contributed by atoms with E-state index in [4.69, 9.17) is 5.11 Å². The molecule has 1 aliphatic carbocycles. The fourth-order valence-electron chi connectivity index (χ4n) is 2.58. The maximum atomic E-state index is 12.3. The number of carbonyl (C=O) groups excluding carboxylic acids is 1. The van der Waals surface area contributed by atoms with E-state index in [1.165, 1.54) is 11.3 Å². The minimum atomic E-state index is -0.956. The molecule has 0 fully saturated rings. The van der Waals surface area contributed by atoms with E-state index >= 15 is 0 Å². The Morgan fingerprint density at radius 2 is 1.96 bits per heavy atom. The first-order valence-corrected chi connectivity index (χ1v) is 9.03. The van der Waals surface area contributed by atoms with Crippen molar-refractivity contribution in [2.75, 3.05) is 0 Å². The lowest BCUT2D eigenvalue weighted by Gasteiger charge is -2.11. The van der Waals surface area contributed by atoms with Gasteiger partial charge in [0.25, 0.3) is 5.91 Å². The number of fused-ring (bicyclic) bond motifs is 1. The Morgan fingerprint density at radius 3 is 2.70 bits per heavy atom. The van der Waals surface area contributed by atoms with E-state index in [2.05, 4.69) is 10.5 Å². The van der Waals surface area contributed by atoms with Crippen molar-refractivity contribution in [1.82, 2.24) is 5.43 Å². The maximum absolute atomic E-state index is 12.3. The van der Waals surface area contributed by atoms with Crippen molar-refractivity contribution in [1.29, 1.82) is 0 Å². The third-order valence-electron chi connectivity index (χ3n) is 3.80. The quantitative estimate of drug-likeness (QED) is 0.655. The third-order valence-corrected chi connectivity index (χ3v) is 6.08. The summed E-state index contributed by atoms with van der Waals surface area (Å²) in [5.41, 5.74) is 5.07. The van der Waals surface area contributed by atoms with Crippen molar-refractivity contribution in [3.8, 4) is 0 Å². The van der Waals surface area contributed by atoms with E-state index in [9.17, 15) is 9.59 Å². The number of nitrogens with zero attached hydrogens (tertiary/aromatic N) is 1. The van der Waals surface area contributed by atoms with Gasteiger partial charge in [-0.05, 0) is 50.3 Å². The predicted octanol–water partition coefficient (Wildman–Crippen LogP) is 3.54. The van der Waals surface area contributed by atoms with Crippen LogP contribution in [0.25, 0.3) is 0 Å². The average molecular weight is 348 g/mol. The van der Waals surface area contributed by atoms with Crippen LogP contribution in [0.3, 0.4) is 0 Å². The number of hydrazone groups is 1. The number of hydrogen-bond donors (Lipinski definition) is 2. The number of amides is 1. The SMILES string of the molecule is C/C(=N/NC(=O)c1csc2c1CCCC2)c1ccc(C(=O)O)s1. The van der Waals surface area contributed by atoms with Crippen LogP contribution in [0.1, 0.15) is 55.1 Å². The molecule has 120 valence electrons. The van der Waals surface area contributed by atoms with E-state index in [0.717, 1.165) is 46.6 Å². The summed E-state index contributed by atoms with van der Waals surface area (Å²) in [6, 6.07) is 3.24. The van der Waals surface area contributed by atoms with Crippen molar-refractivity contribution in [2.24, 2.45) is 5.10 Å². The second kappa shape index (κ2) is 6.64. The molecule has 2 aromatic rings. The van der Waals surface area contributed by atoms with Crippen molar-refractivity contribution >= 4 is 40.3 Å². The van der Waals surface area contributed by atoms with Gasteiger partial charge in [-0.15, -0.1) is 22.7 Å². The predicted molar refractivity (Wildman–Crippen MR) is 91.9 cm³/mol. The molecule has 0 spiro atoms. The van der Waals surface area contributed by atoms with Crippen LogP contribution in [-0.2, 0) is 12.8 Å². The van der Waals surface area contributed by atoms with Crippen molar-refractivity contribution in [3.63, 3.8) is 0 Å². The zero-order chi connectivity index (χ0) is 16.4. The van der Waals surface area contributed by atoms with Crippen molar-refractivity contribution in [3.05, 3.63) is 43.3 Å². The summed E-state index contributed by atoms with van der Waals surface area (Å²) < 4.78 is 0. The number of rotatable bonds is 4. The summed E-state index contributed by atoms with van der Waals surface area (Å²) in [5.74, 6) is -1.15. The van der Waals surface area contributed by atoms with E-state index < -0.39 is 5.97 Å². The van der Waals surface area contributed by atoms with Gasteiger partial charge in [0.2, 0.25) is 0 Å². The number of nitrogens with one attached hydrogen (secondary N) is 1. The van der Waals surface area contributed by atoms with Gasteiger partial charge in [0, 0.05) is 10.3 Å². The molecule has 1 aliphatic rings. The summed E-state index contributed by atoms with van der Waals surface area (Å²) in [6.45, 7) is 1.75. The van der Waals surface area contributed by atoms with Crippen molar-refractivity contribution < 1.29 is 14.7 Å². The third kappa shape index (κ3) is 3.35. The highest BCUT2D eigenvalue weighted by molar-refractivity contribution is 7.15. The van der Waals surface area contributed by atoms with E-state index in [-0.39, 0.29) is 10.8 Å². The molecule has 0 atom stereocenters. The lowest BCUT2D eigenvalue weighted by Crippen LogP contribution is -2.20. The lowest BCUT2D eigenvalue weighted by molar-refractivity contribution is 0.0702. The molecule has 0 saturated carbocycles. The number of carboxylic acids is 1. The Labute approximate surface area is 141 Å². The first-order valence-electron chi connectivity index (χ1n) is 7.33. The Morgan fingerprint density at radius 1 is 1.22 bits per heavy atom. The molecule has 2 N–H and O–H groups in total. The summed E-state index contributed by atoms with van der Waals surface area (Å²) in [4.78, 5) is 25.5. The molecule has 2 heterocycles. The van der Waals surface area contributed by atoms with Gasteiger partial charge in [-0.3, -0.25) is 4.79 Å². The molecule has 2 aromatic heterocycles. The first kappa shape index (κ1) is 15.9. The van der Waals surface area contributed by atoms with Crippen LogP contribution in [0.5, 0.6) is 0 Å². The molecule has 0 unspecified atom stereocenters. The number of hydrogen-bond acceptors (Lipinski definition) is 5. The van der Waals surface area contributed by atoms with Crippen LogP contribution in [0, 0.1) is 0 Å². The Bertz CT molecular complexity index is 789. The molecule has 5 nitrogen and oxygen atoms in total. The van der Waals surface area contributed by atoms with Crippen LogP contribution in [0.2, 0.25) is 0 Å². The average Bonchev–Trinajstić information content (AvgIpc) is 3.19. The van der Waals surface area contributed by atoms with Gasteiger partial charge in [0.1, 0.15) is 4.88 Å². The van der Waals surface area contributed by atoms with Gasteiger partial charge in [-0.1, -0.05) is 0 Å². The summed E-state index contributed by atoms with van der Waals surface area (Å²) in [5, 5.41) is 15.0. The smallest absolute Gasteiger partial charge is 0.345 e. The fourth-order valence-corrected chi connectivity index (χ4v) is 4.50. The minimum absolute atomic E-state index is 0.196. The molecule has 23 heavy (non-hydrogen) atoms. The van der Waals surface area contributed by atoms with Crippen LogP contribution < -0.4 is 5.43 Å². The highest BCUT2D eigenvalue weighted by Crippen LogP contribution is 2.30. The van der Waals surface area contributed by atoms with Crippen LogP contribution in [0.15, 0.2) is 22.6 Å². The fraction of sp³-hybridized carbons (Fsp3) is 0.312. The van der Waals surface area contributed by atoms with Gasteiger partial charge < -0.3 is 5.11 Å². The zero-order valence-electron chi connectivity index (χ0n) is 12.6. The van der Waals surface area contributed by atoms with Gasteiger partial charge in [0.15, 0.2) is 0 Å². The van der Waals surface area contributed by atoms with Gasteiger partial charge in [0.05, 0.1) is 16.2 Å². The lowest BCUT2D eigenvalue weighted by atomic mass is 9.96. The highest BCUT2D eigenvalue weighted by atomic mass is 32.1. The van der Waals surface area contributed by atoms with Crippen LogP contribution in [-0.4, -0.2) is 22.7 Å². The molecule has 3 rings (SSSR count). The van der Waals surface area contributed by atoms with Gasteiger partial charge in [-0.2, -0.15) is 5.10 Å². The summed E-state index contributed by atoms with van der Waals surface area (Å²) in [6.07, 6.45) is 4.33. The zero-order valence-corrected chi connectivity index (χ0v) is 14.2. The topological polar surface area (TPSA) is 78.8 Å². The molecule has 0 saturated heterocycles. The first-order chi connectivity index (χ1) is 11.1. The number of carbonyl (C=O) groups is 2. The minimum Gasteiger partial charge on any atom is -0.477 e. The number of aryl methyl sites for hydroxylation is 1. The molecule has 0 aliphatic heterocycles. The molecule has 1 amide bonds. The Kier molecular flexibility index (Phi) is 4.58. The van der Waals surface area contributed by atoms with E-state index in [1.807, 2.05) is 5.38 Å². The summed E-state index contributed by atoms with van der Waals surface area (Å²) in [7, 11) is 0. The van der Waals surface area contributed by atoms with E-state index in [0.29, 0.717) is 5.71 Å². The monoisotopic (exact) mass is 348 g/mol. The second-order valence-electron chi connectivity index (χ2n) is 5.37. The maximum Gasteiger partial charge on any atom is 0.345 e. The number of carboxylic acid groups (broad SMARTS) is 1. The van der Waals surface area contributed by atoms with E-state index in [1.54, 1.807) is 30.4 Å². The molecule has 0 aromatic carbocycles. The molecular formula is C16H16N2O3S2. The summed E-state index contributed by atoms with van der Waals surface area (Å²) >= 11 is 2.79. The Balaban J connectivity index is 1.72. The van der Waals surface area contributed by atoms with Gasteiger partial charge >= 0.3 is 5.97 Å². The molecular weight excluding hydrogens is 332 g/mol. The molecule has 0 radical (unpaired) electrons. The molecule has 0 bridgehead atoms. The number of aromatic carboxylic acids is 1. The largest absolute Gasteiger partial charge is 0.477 e. The van der Waals surface area contributed by atoms with Crippen LogP contribution >= 0.6 is 22.7 Å². The Hall–Kier alpha value is -1.99. The highest BCUT2D eigenvalue weighted by Gasteiger charge is 2.20. The molecule has 7 heteroatoms. The van der Waals surface area contributed by atoms with Crippen molar-refractivity contribution in [2.45, 2.75) is 32.6 Å². The standard InChI is InChI=1S/C16H16N2O3S2/c1-9(12-6-7-14(23-12)16(20)21)17-18-15(19)11-8-22-13-5-3-2-4-10(11)13/h6-8H,2-5H2,1H3,(H,18,19)(H,20,21)/b17-9-. The van der Waals surface area contributed by atoms with Crippen LogP contribution in [0.4, 0.5) is 0 Å². The number of thiophene rings is 2. The normalized spacial score (nSPS) is 14.4. The van der Waals surface area contributed by atoms with Gasteiger partial charge in [-0.25, -0.2) is 10.2 Å². The second-order valence-corrected chi connectivity index (χ2v) is 7.41.